The van der Waals surface area contributed by atoms with E-state index in [1.54, 1.807) is 0 Å². The van der Waals surface area contributed by atoms with Gasteiger partial charge in [0.2, 0.25) is 0 Å². The standard InChI is InChI=1S/C41H56N6O3/c1-31-38(32(2)43-30-42-31)39(49)45-21-17-41(5,18-22-45)46-19-15-36(16-20-46)47(28-33-9-7-6-8-10-33)35-13-11-34(12-14-35)40(3,4)27-37(29-48)44-23-25-50-26-24-44/h6-14,29-30,36-37H,15-28H2,1-5H3. The van der Waals surface area contributed by atoms with Gasteiger partial charge in [0, 0.05) is 63.1 Å². The van der Waals surface area contributed by atoms with Crippen molar-refractivity contribution in [2.45, 2.75) is 96.3 Å². The Morgan fingerprint density at radius 1 is 0.940 bits per heavy atom. The summed E-state index contributed by atoms with van der Waals surface area (Å²) in [6, 6.07) is 20.3. The summed E-state index contributed by atoms with van der Waals surface area (Å²) in [6.45, 7) is 18.2. The number of piperidine rings is 2. The van der Waals surface area contributed by atoms with Gasteiger partial charge >= 0.3 is 0 Å². The second-order valence-electron chi connectivity index (χ2n) is 15.5. The molecule has 9 nitrogen and oxygen atoms in total. The van der Waals surface area contributed by atoms with Gasteiger partial charge in [-0.1, -0.05) is 56.3 Å². The van der Waals surface area contributed by atoms with E-state index < -0.39 is 0 Å². The molecule has 0 N–H and O–H groups in total. The number of aldehydes is 1. The lowest BCUT2D eigenvalue weighted by molar-refractivity contribution is -0.114. The number of amides is 1. The molecule has 3 aromatic rings. The van der Waals surface area contributed by atoms with E-state index >= 15 is 0 Å². The third-order valence-electron chi connectivity index (χ3n) is 11.8. The summed E-state index contributed by atoms with van der Waals surface area (Å²) in [5, 5.41) is 0. The van der Waals surface area contributed by atoms with E-state index in [1.165, 1.54) is 23.1 Å². The number of hydrogen-bond donors (Lipinski definition) is 0. The average molecular weight is 681 g/mol. The minimum atomic E-state index is -0.139. The number of anilines is 1. The molecule has 1 atom stereocenters. The Morgan fingerprint density at radius 2 is 1.56 bits per heavy atom. The number of rotatable bonds is 11. The molecule has 4 heterocycles. The normalized spacial score (nSPS) is 20.0. The van der Waals surface area contributed by atoms with Crippen molar-refractivity contribution in [1.29, 1.82) is 0 Å². The van der Waals surface area contributed by atoms with E-state index in [4.69, 9.17) is 4.74 Å². The third kappa shape index (κ3) is 8.11. The van der Waals surface area contributed by atoms with Crippen LogP contribution in [0.3, 0.4) is 0 Å². The minimum absolute atomic E-state index is 0.0629. The highest BCUT2D eigenvalue weighted by molar-refractivity contribution is 5.96. The van der Waals surface area contributed by atoms with Gasteiger partial charge in [-0.05, 0) is 81.5 Å². The number of hydrogen-bond acceptors (Lipinski definition) is 8. The second-order valence-corrected chi connectivity index (χ2v) is 15.5. The molecule has 50 heavy (non-hydrogen) atoms. The van der Waals surface area contributed by atoms with Crippen molar-refractivity contribution in [2.75, 3.05) is 57.4 Å². The summed E-state index contributed by atoms with van der Waals surface area (Å²) < 4.78 is 5.53. The molecule has 0 radical (unpaired) electrons. The van der Waals surface area contributed by atoms with Crippen molar-refractivity contribution in [3.8, 4) is 0 Å². The highest BCUT2D eigenvalue weighted by atomic mass is 16.5. The Kier molecular flexibility index (Phi) is 11.4. The van der Waals surface area contributed by atoms with Crippen LogP contribution in [0.15, 0.2) is 60.9 Å². The van der Waals surface area contributed by atoms with E-state index in [0.29, 0.717) is 24.8 Å². The number of carbonyl (C=O) groups is 2. The predicted octanol–water partition coefficient (Wildman–Crippen LogP) is 5.83. The maximum absolute atomic E-state index is 13.4. The van der Waals surface area contributed by atoms with E-state index in [9.17, 15) is 9.59 Å². The maximum Gasteiger partial charge on any atom is 0.257 e. The van der Waals surface area contributed by atoms with Crippen molar-refractivity contribution < 1.29 is 14.3 Å². The molecule has 3 fully saturated rings. The van der Waals surface area contributed by atoms with Crippen LogP contribution in [-0.4, -0.2) is 107 Å². The average Bonchev–Trinajstić information content (AvgIpc) is 3.14. The number of carbonyl (C=O) groups excluding carboxylic acids is 2. The van der Waals surface area contributed by atoms with Gasteiger partial charge in [0.15, 0.2) is 0 Å². The molecular weight excluding hydrogens is 624 g/mol. The number of likely N-dealkylation sites (tertiary alicyclic amines) is 2. The summed E-state index contributed by atoms with van der Waals surface area (Å²) in [5.74, 6) is 0.0629. The fourth-order valence-corrected chi connectivity index (χ4v) is 8.41. The summed E-state index contributed by atoms with van der Waals surface area (Å²) in [4.78, 5) is 43.7. The highest BCUT2D eigenvalue weighted by Crippen LogP contribution is 2.36. The first-order chi connectivity index (χ1) is 24.1. The van der Waals surface area contributed by atoms with Crippen molar-refractivity contribution in [3.05, 3.63) is 89.0 Å². The molecule has 3 aliphatic heterocycles. The van der Waals surface area contributed by atoms with E-state index in [1.807, 2.05) is 18.7 Å². The zero-order chi connectivity index (χ0) is 35.3. The van der Waals surface area contributed by atoms with Gasteiger partial charge < -0.3 is 19.3 Å². The van der Waals surface area contributed by atoms with Crippen LogP contribution in [0, 0.1) is 13.8 Å². The summed E-state index contributed by atoms with van der Waals surface area (Å²) in [5.41, 5.74) is 5.94. The number of benzene rings is 2. The number of aryl methyl sites for hydroxylation is 2. The highest BCUT2D eigenvalue weighted by Gasteiger charge is 2.40. The molecule has 0 bridgehead atoms. The Labute approximate surface area is 299 Å². The lowest BCUT2D eigenvalue weighted by Gasteiger charge is -2.50. The summed E-state index contributed by atoms with van der Waals surface area (Å²) in [6.07, 6.45) is 7.58. The Morgan fingerprint density at radius 3 is 2.16 bits per heavy atom. The lowest BCUT2D eigenvalue weighted by atomic mass is 9.78. The number of aromatic nitrogens is 2. The fraction of sp³-hybridized carbons (Fsp3) is 0.561. The van der Waals surface area contributed by atoms with E-state index in [2.05, 4.69) is 100 Å². The van der Waals surface area contributed by atoms with Crippen LogP contribution < -0.4 is 4.90 Å². The van der Waals surface area contributed by atoms with Crippen molar-refractivity contribution in [1.82, 2.24) is 24.7 Å². The monoisotopic (exact) mass is 680 g/mol. The zero-order valence-corrected chi connectivity index (χ0v) is 30.8. The molecule has 3 aliphatic rings. The van der Waals surface area contributed by atoms with Gasteiger partial charge in [-0.15, -0.1) is 0 Å². The SMILES string of the molecule is Cc1ncnc(C)c1C(=O)N1CCC(C)(N2CCC(N(Cc3ccccc3)c3ccc(C(C)(C)CC(C=O)N4CCOCC4)cc3)CC2)CC1. The maximum atomic E-state index is 13.4. The number of morpholine rings is 1. The third-order valence-corrected chi connectivity index (χ3v) is 11.8. The molecule has 1 aromatic heterocycles. The minimum Gasteiger partial charge on any atom is -0.379 e. The molecule has 2 aromatic carbocycles. The van der Waals surface area contributed by atoms with E-state index in [-0.39, 0.29) is 22.9 Å². The van der Waals surface area contributed by atoms with Crippen molar-refractivity contribution in [3.63, 3.8) is 0 Å². The Balaban J connectivity index is 1.11. The van der Waals surface area contributed by atoms with Gasteiger partial charge in [-0.3, -0.25) is 14.6 Å². The van der Waals surface area contributed by atoms with Gasteiger partial charge in [-0.25, -0.2) is 9.97 Å². The molecule has 9 heteroatoms. The molecule has 0 aliphatic carbocycles. The first-order valence-corrected chi connectivity index (χ1v) is 18.6. The van der Waals surface area contributed by atoms with Crippen LogP contribution in [-0.2, 0) is 21.5 Å². The van der Waals surface area contributed by atoms with Crippen LogP contribution in [0.25, 0.3) is 0 Å². The first kappa shape index (κ1) is 36.1. The quantitative estimate of drug-likeness (QED) is 0.234. The largest absolute Gasteiger partial charge is 0.379 e. The number of nitrogens with zero attached hydrogens (tertiary/aromatic N) is 6. The van der Waals surface area contributed by atoms with Crippen LogP contribution in [0.2, 0.25) is 0 Å². The van der Waals surface area contributed by atoms with Gasteiger partial charge in [0.1, 0.15) is 12.6 Å². The van der Waals surface area contributed by atoms with Gasteiger partial charge in [0.25, 0.3) is 5.91 Å². The van der Waals surface area contributed by atoms with Crippen LogP contribution in [0.1, 0.15) is 85.7 Å². The van der Waals surface area contributed by atoms with Gasteiger partial charge in [-0.2, -0.15) is 0 Å². The topological polar surface area (TPSA) is 82.1 Å². The fourth-order valence-electron chi connectivity index (χ4n) is 8.41. The predicted molar refractivity (Wildman–Crippen MR) is 199 cm³/mol. The molecule has 0 spiro atoms. The Hall–Kier alpha value is -3.66. The summed E-state index contributed by atoms with van der Waals surface area (Å²) in [7, 11) is 0. The zero-order valence-electron chi connectivity index (χ0n) is 30.8. The van der Waals surface area contributed by atoms with Crippen LogP contribution >= 0.6 is 0 Å². The smallest absolute Gasteiger partial charge is 0.257 e. The number of ether oxygens (including phenoxy) is 1. The molecule has 1 unspecified atom stereocenters. The molecule has 1 amide bonds. The van der Waals surface area contributed by atoms with Crippen molar-refractivity contribution in [2.24, 2.45) is 0 Å². The molecule has 268 valence electrons. The van der Waals surface area contributed by atoms with Crippen molar-refractivity contribution >= 4 is 17.9 Å². The van der Waals surface area contributed by atoms with E-state index in [0.717, 1.165) is 95.6 Å². The molecular formula is C41H56N6O3. The lowest BCUT2D eigenvalue weighted by Crippen LogP contribution is -2.58. The van der Waals surface area contributed by atoms with Crippen LogP contribution in [0.5, 0.6) is 0 Å². The molecule has 6 rings (SSSR count). The summed E-state index contributed by atoms with van der Waals surface area (Å²) >= 11 is 0. The molecule has 3 saturated heterocycles. The van der Waals surface area contributed by atoms with Crippen LogP contribution in [0.4, 0.5) is 5.69 Å². The van der Waals surface area contributed by atoms with Gasteiger partial charge in [0.05, 0.1) is 36.2 Å². The molecule has 0 saturated carbocycles. The second kappa shape index (κ2) is 15.7. The first-order valence-electron chi connectivity index (χ1n) is 18.6. The Bertz CT molecular complexity index is 1550.